The quantitative estimate of drug-likeness (QED) is 0.254. The molecule has 0 saturated heterocycles. The van der Waals surface area contributed by atoms with E-state index < -0.39 is 6.10 Å². The van der Waals surface area contributed by atoms with Crippen molar-refractivity contribution in [2.75, 3.05) is 14.2 Å². The summed E-state index contributed by atoms with van der Waals surface area (Å²) in [5.41, 5.74) is 4.79. The van der Waals surface area contributed by atoms with E-state index in [4.69, 9.17) is 37.4 Å². The zero-order valence-electron chi connectivity index (χ0n) is 17.8. The van der Waals surface area contributed by atoms with E-state index in [1.54, 1.807) is 31.4 Å². The van der Waals surface area contributed by atoms with Crippen LogP contribution >= 0.6 is 39.1 Å². The van der Waals surface area contributed by atoms with E-state index in [9.17, 15) is 4.79 Å². The molecule has 0 spiro atoms. The fourth-order valence-electron chi connectivity index (χ4n) is 2.99. The maximum atomic E-state index is 12.5. The van der Waals surface area contributed by atoms with E-state index in [-0.39, 0.29) is 12.5 Å². The molecule has 3 aromatic carbocycles. The molecular weight excluding hydrogens is 531 g/mol. The van der Waals surface area contributed by atoms with Crippen molar-refractivity contribution in [3.05, 3.63) is 91.9 Å². The van der Waals surface area contributed by atoms with Gasteiger partial charge in [0.05, 0.1) is 27.8 Å². The van der Waals surface area contributed by atoms with E-state index in [0.29, 0.717) is 31.6 Å². The summed E-state index contributed by atoms with van der Waals surface area (Å²) in [6.07, 6.45) is 0.743. The highest BCUT2D eigenvalue weighted by Crippen LogP contribution is 2.37. The van der Waals surface area contributed by atoms with E-state index in [1.165, 1.54) is 13.3 Å². The van der Waals surface area contributed by atoms with Crippen molar-refractivity contribution in [3.8, 4) is 11.5 Å². The molecule has 0 aromatic heterocycles. The van der Waals surface area contributed by atoms with Crippen LogP contribution in [0.5, 0.6) is 11.5 Å². The molecule has 1 atom stereocenters. The number of nitrogens with zero attached hydrogens (tertiary/aromatic N) is 1. The Kier molecular flexibility index (Phi) is 9.14. The van der Waals surface area contributed by atoms with Gasteiger partial charge in [-0.15, -0.1) is 0 Å². The van der Waals surface area contributed by atoms with Gasteiger partial charge >= 0.3 is 0 Å². The van der Waals surface area contributed by atoms with Crippen LogP contribution in [0.25, 0.3) is 0 Å². The van der Waals surface area contributed by atoms with E-state index in [1.807, 2.05) is 36.4 Å². The minimum Gasteiger partial charge on any atom is -0.493 e. The Bertz CT molecular complexity index is 1140. The van der Waals surface area contributed by atoms with Crippen molar-refractivity contribution in [2.45, 2.75) is 12.7 Å². The van der Waals surface area contributed by atoms with E-state index in [0.717, 1.165) is 11.1 Å². The van der Waals surface area contributed by atoms with Gasteiger partial charge in [0.2, 0.25) is 0 Å². The van der Waals surface area contributed by atoms with Gasteiger partial charge in [-0.3, -0.25) is 4.79 Å². The van der Waals surface area contributed by atoms with Crippen molar-refractivity contribution in [2.24, 2.45) is 5.10 Å². The van der Waals surface area contributed by atoms with Gasteiger partial charge in [0, 0.05) is 7.11 Å². The lowest BCUT2D eigenvalue weighted by molar-refractivity contribution is -0.131. The number of rotatable bonds is 9. The highest BCUT2D eigenvalue weighted by Gasteiger charge is 2.19. The first-order valence-electron chi connectivity index (χ1n) is 9.77. The first-order chi connectivity index (χ1) is 15.9. The molecule has 0 heterocycles. The third-order valence-electron chi connectivity index (χ3n) is 4.58. The molecule has 0 unspecified atom stereocenters. The standard InChI is InChI=1S/C24H21BrCl2N2O4/c1-31-21-12-16(13-28-29-24(30)22(32-2)17-6-4-3-5-7-17)10-18(25)23(21)33-14-15-8-9-19(26)20(27)11-15/h3-13,22H,14H2,1-2H3,(H,29,30)/b28-13-/t22-/m1/s1. The Balaban J connectivity index is 1.68. The first-order valence-corrected chi connectivity index (χ1v) is 11.3. The Morgan fingerprint density at radius 1 is 1.09 bits per heavy atom. The molecule has 6 nitrogen and oxygen atoms in total. The van der Waals surface area contributed by atoms with Crippen molar-refractivity contribution in [3.63, 3.8) is 0 Å². The SMILES string of the molecule is COc1cc(/C=N\NC(=O)[C@H](OC)c2ccccc2)cc(Br)c1OCc1ccc(Cl)c(Cl)c1. The number of methoxy groups -OCH3 is 2. The lowest BCUT2D eigenvalue weighted by Crippen LogP contribution is -2.26. The van der Waals surface area contributed by atoms with Gasteiger partial charge in [-0.2, -0.15) is 5.10 Å². The first kappa shape index (κ1) is 25.1. The molecule has 33 heavy (non-hydrogen) atoms. The number of benzene rings is 3. The average Bonchev–Trinajstić information content (AvgIpc) is 2.81. The highest BCUT2D eigenvalue weighted by molar-refractivity contribution is 9.10. The van der Waals surface area contributed by atoms with Gasteiger partial charge in [-0.05, 0) is 56.9 Å². The number of ether oxygens (including phenoxy) is 3. The molecule has 0 radical (unpaired) electrons. The van der Waals surface area contributed by atoms with Crippen LogP contribution in [0.2, 0.25) is 10.0 Å². The van der Waals surface area contributed by atoms with Crippen LogP contribution < -0.4 is 14.9 Å². The summed E-state index contributed by atoms with van der Waals surface area (Å²) in [6.45, 7) is 0.271. The van der Waals surface area contributed by atoms with Crippen molar-refractivity contribution < 1.29 is 19.0 Å². The average molecular weight is 552 g/mol. The summed E-state index contributed by atoms with van der Waals surface area (Å²) in [4.78, 5) is 12.5. The molecule has 0 bridgehead atoms. The number of hydrogen-bond acceptors (Lipinski definition) is 5. The summed E-state index contributed by atoms with van der Waals surface area (Å²) in [5.74, 6) is 0.636. The second-order valence-electron chi connectivity index (χ2n) is 6.83. The molecule has 172 valence electrons. The number of hydrogen-bond donors (Lipinski definition) is 1. The Labute approximate surface area is 210 Å². The van der Waals surface area contributed by atoms with Gasteiger partial charge < -0.3 is 14.2 Å². The zero-order valence-corrected chi connectivity index (χ0v) is 20.9. The largest absolute Gasteiger partial charge is 0.493 e. The third-order valence-corrected chi connectivity index (χ3v) is 5.91. The summed E-state index contributed by atoms with van der Waals surface area (Å²) in [6, 6.07) is 18.0. The van der Waals surface area contributed by atoms with Crippen molar-refractivity contribution in [1.82, 2.24) is 5.43 Å². The predicted molar refractivity (Wildman–Crippen MR) is 133 cm³/mol. The number of carbonyl (C=O) groups is 1. The monoisotopic (exact) mass is 550 g/mol. The molecule has 3 aromatic rings. The highest BCUT2D eigenvalue weighted by atomic mass is 79.9. The molecule has 0 aliphatic heterocycles. The second kappa shape index (κ2) is 12.0. The molecule has 0 aliphatic rings. The predicted octanol–water partition coefficient (Wildman–Crippen LogP) is 6.18. The maximum Gasteiger partial charge on any atom is 0.273 e. The molecule has 0 aliphatic carbocycles. The second-order valence-corrected chi connectivity index (χ2v) is 8.50. The van der Waals surface area contributed by atoms with Gasteiger partial charge in [0.1, 0.15) is 6.61 Å². The molecule has 3 rings (SSSR count). The van der Waals surface area contributed by atoms with Gasteiger partial charge in [-0.1, -0.05) is 59.6 Å². The molecule has 0 fully saturated rings. The Morgan fingerprint density at radius 3 is 2.52 bits per heavy atom. The van der Waals surface area contributed by atoms with Gasteiger partial charge in [-0.25, -0.2) is 5.43 Å². The van der Waals surface area contributed by atoms with Crippen LogP contribution in [0.1, 0.15) is 22.8 Å². The van der Waals surface area contributed by atoms with E-state index >= 15 is 0 Å². The lowest BCUT2D eigenvalue weighted by Gasteiger charge is -2.14. The van der Waals surface area contributed by atoms with Crippen molar-refractivity contribution in [1.29, 1.82) is 0 Å². The molecule has 1 N–H and O–H groups in total. The van der Waals surface area contributed by atoms with Crippen LogP contribution in [-0.4, -0.2) is 26.3 Å². The van der Waals surface area contributed by atoms with Crippen LogP contribution in [0.4, 0.5) is 0 Å². The molecule has 9 heteroatoms. The number of carbonyl (C=O) groups excluding carboxylic acids is 1. The minimum absolute atomic E-state index is 0.271. The summed E-state index contributed by atoms with van der Waals surface area (Å²) < 4.78 is 17.4. The lowest BCUT2D eigenvalue weighted by atomic mass is 10.1. The normalized spacial score (nSPS) is 11.9. The van der Waals surface area contributed by atoms with Crippen molar-refractivity contribution >= 4 is 51.3 Å². The Hall–Kier alpha value is -2.58. The number of halogens is 3. The number of amides is 1. The summed E-state index contributed by atoms with van der Waals surface area (Å²) in [5, 5.41) is 4.99. The molecule has 1 amide bonds. The topological polar surface area (TPSA) is 69.2 Å². The molecule has 0 saturated carbocycles. The molecular formula is C24H21BrCl2N2O4. The Morgan fingerprint density at radius 2 is 1.85 bits per heavy atom. The fourth-order valence-corrected chi connectivity index (χ4v) is 3.89. The van der Waals surface area contributed by atoms with E-state index in [2.05, 4.69) is 26.5 Å². The van der Waals surface area contributed by atoms with Crippen LogP contribution in [0.15, 0.2) is 70.2 Å². The number of nitrogens with one attached hydrogen (secondary N) is 1. The van der Waals surface area contributed by atoms with Crippen LogP contribution in [-0.2, 0) is 16.1 Å². The van der Waals surface area contributed by atoms with Gasteiger partial charge in [0.25, 0.3) is 5.91 Å². The smallest absolute Gasteiger partial charge is 0.273 e. The zero-order chi connectivity index (χ0) is 23.8. The maximum absolute atomic E-state index is 12.5. The summed E-state index contributed by atoms with van der Waals surface area (Å²) in [7, 11) is 3.01. The van der Waals surface area contributed by atoms with Crippen LogP contribution in [0, 0.1) is 0 Å². The number of hydrazone groups is 1. The minimum atomic E-state index is -0.762. The fraction of sp³-hybridized carbons (Fsp3) is 0.167. The van der Waals surface area contributed by atoms with Gasteiger partial charge in [0.15, 0.2) is 17.6 Å². The summed E-state index contributed by atoms with van der Waals surface area (Å²) >= 11 is 15.5. The van der Waals surface area contributed by atoms with Crippen LogP contribution in [0.3, 0.4) is 0 Å². The third kappa shape index (κ3) is 6.71.